The Morgan fingerprint density at radius 3 is 2.91 bits per heavy atom. The fraction of sp³-hybridized carbons (Fsp3) is 0.286. The van der Waals surface area contributed by atoms with E-state index in [-0.39, 0.29) is 0 Å². The van der Waals surface area contributed by atoms with Gasteiger partial charge in [0, 0.05) is 16.7 Å². The first kappa shape index (κ1) is 8.81. The number of methoxy groups -OCH3 is 1. The normalized spacial score (nSPS) is 9.73. The molecule has 0 N–H and O–H groups in total. The van der Waals surface area contributed by atoms with E-state index in [1.54, 1.807) is 19.4 Å². The van der Waals surface area contributed by atoms with Crippen molar-refractivity contribution in [1.29, 1.82) is 0 Å². The van der Waals surface area contributed by atoms with Gasteiger partial charge in [0.1, 0.15) is 0 Å². The predicted molar refractivity (Wildman–Crippen MR) is 48.0 cm³/mol. The minimum absolute atomic E-state index is 0.456. The summed E-state index contributed by atoms with van der Waals surface area (Å²) in [6.07, 6.45) is 1.69. The summed E-state index contributed by atoms with van der Waals surface area (Å²) in [5.74, 6) is 1.04. The number of alkyl halides is 1. The van der Waals surface area contributed by atoms with E-state index in [9.17, 15) is 0 Å². The summed E-state index contributed by atoms with van der Waals surface area (Å²) in [7, 11) is 1.58. The maximum atomic E-state index is 5.62. The molecule has 1 aromatic heterocycles. The highest BCUT2D eigenvalue weighted by Crippen LogP contribution is 2.21. The van der Waals surface area contributed by atoms with Gasteiger partial charge < -0.3 is 4.74 Å². The third kappa shape index (κ3) is 2.07. The topological polar surface area (TPSA) is 22.1 Å². The largest absolute Gasteiger partial charge is 0.481 e. The van der Waals surface area contributed by atoms with E-state index >= 15 is 0 Å². The Morgan fingerprint density at radius 1 is 1.73 bits per heavy atom. The van der Waals surface area contributed by atoms with Gasteiger partial charge in [0.05, 0.1) is 13.0 Å². The number of aromatic nitrogens is 1. The zero-order valence-corrected chi connectivity index (χ0v) is 8.32. The van der Waals surface area contributed by atoms with Crippen LogP contribution in [-0.4, -0.2) is 12.1 Å². The maximum absolute atomic E-state index is 5.62. The molecule has 60 valence electrons. The molecule has 0 spiro atoms. The first-order valence-corrected chi connectivity index (χ1v) is 4.35. The Kier molecular flexibility index (Phi) is 3.15. The van der Waals surface area contributed by atoms with Gasteiger partial charge in [0.15, 0.2) is 0 Å². The molecule has 4 heteroatoms. The lowest BCUT2D eigenvalue weighted by molar-refractivity contribution is 0.397. The standard InChI is InChI=1S/C7H7BrClNO/c1-11-7-2-6(8)5(3-9)4-10-7/h2,4H,3H2,1H3. The van der Waals surface area contributed by atoms with Gasteiger partial charge in [-0.1, -0.05) is 15.9 Å². The summed E-state index contributed by atoms with van der Waals surface area (Å²) < 4.78 is 5.84. The average molecular weight is 236 g/mol. The number of pyridine rings is 1. The molecule has 0 atom stereocenters. The summed E-state index contributed by atoms with van der Waals surface area (Å²) in [5, 5.41) is 0. The molecule has 0 saturated heterocycles. The predicted octanol–water partition coefficient (Wildman–Crippen LogP) is 2.59. The van der Waals surface area contributed by atoms with Crippen molar-refractivity contribution < 1.29 is 4.74 Å². The van der Waals surface area contributed by atoms with E-state index in [2.05, 4.69) is 20.9 Å². The molecule has 0 aliphatic rings. The van der Waals surface area contributed by atoms with E-state index in [1.165, 1.54) is 0 Å². The number of hydrogen-bond acceptors (Lipinski definition) is 2. The Morgan fingerprint density at radius 2 is 2.45 bits per heavy atom. The first-order chi connectivity index (χ1) is 5.27. The Hall–Kier alpha value is -0.280. The molecule has 0 unspecified atom stereocenters. The van der Waals surface area contributed by atoms with Gasteiger partial charge in [-0.3, -0.25) is 0 Å². The number of halogens is 2. The van der Waals surface area contributed by atoms with Crippen LogP contribution in [-0.2, 0) is 5.88 Å². The minimum atomic E-state index is 0.456. The zero-order chi connectivity index (χ0) is 8.27. The lowest BCUT2D eigenvalue weighted by Gasteiger charge is -2.01. The molecule has 2 nitrogen and oxygen atoms in total. The molecule has 0 aromatic carbocycles. The average Bonchev–Trinajstić information content (AvgIpc) is 2.04. The maximum Gasteiger partial charge on any atom is 0.214 e. The van der Waals surface area contributed by atoms with Crippen molar-refractivity contribution in [2.75, 3.05) is 7.11 Å². The van der Waals surface area contributed by atoms with Gasteiger partial charge in [-0.15, -0.1) is 11.6 Å². The van der Waals surface area contributed by atoms with E-state index in [0.29, 0.717) is 11.8 Å². The third-order valence-electron chi connectivity index (χ3n) is 1.26. The highest BCUT2D eigenvalue weighted by atomic mass is 79.9. The molecule has 1 aromatic rings. The summed E-state index contributed by atoms with van der Waals surface area (Å²) in [6.45, 7) is 0. The van der Waals surface area contributed by atoms with Crippen LogP contribution in [0.1, 0.15) is 5.56 Å². The van der Waals surface area contributed by atoms with Gasteiger partial charge in [-0.05, 0) is 5.56 Å². The second-order valence-electron chi connectivity index (χ2n) is 1.95. The summed E-state index contributed by atoms with van der Waals surface area (Å²) >= 11 is 8.96. The molecular formula is C7H7BrClNO. The van der Waals surface area contributed by atoms with Crippen molar-refractivity contribution in [2.24, 2.45) is 0 Å². The highest BCUT2D eigenvalue weighted by molar-refractivity contribution is 9.10. The minimum Gasteiger partial charge on any atom is -0.481 e. The van der Waals surface area contributed by atoms with Gasteiger partial charge in [0.25, 0.3) is 0 Å². The fourth-order valence-electron chi connectivity index (χ4n) is 0.652. The van der Waals surface area contributed by atoms with Crippen LogP contribution in [0.15, 0.2) is 16.7 Å². The number of nitrogens with zero attached hydrogens (tertiary/aromatic N) is 1. The second-order valence-corrected chi connectivity index (χ2v) is 3.07. The summed E-state index contributed by atoms with van der Waals surface area (Å²) in [6, 6.07) is 1.79. The molecule has 0 amide bonds. The molecule has 0 fully saturated rings. The fourth-order valence-corrected chi connectivity index (χ4v) is 1.46. The van der Waals surface area contributed by atoms with Gasteiger partial charge in [-0.25, -0.2) is 4.98 Å². The van der Waals surface area contributed by atoms with Gasteiger partial charge in [-0.2, -0.15) is 0 Å². The molecule has 1 rings (SSSR count). The molecule has 0 aliphatic carbocycles. The van der Waals surface area contributed by atoms with Crippen LogP contribution in [0.3, 0.4) is 0 Å². The Labute approximate surface area is 78.7 Å². The Bertz CT molecular complexity index is 254. The summed E-state index contributed by atoms with van der Waals surface area (Å²) in [4.78, 5) is 3.99. The van der Waals surface area contributed by atoms with Crippen molar-refractivity contribution in [3.05, 3.63) is 22.3 Å². The van der Waals surface area contributed by atoms with E-state index in [4.69, 9.17) is 16.3 Å². The number of rotatable bonds is 2. The van der Waals surface area contributed by atoms with E-state index in [1.807, 2.05) is 0 Å². The Balaban J connectivity index is 2.99. The summed E-state index contributed by atoms with van der Waals surface area (Å²) in [5.41, 5.74) is 0.965. The molecule has 0 aliphatic heterocycles. The van der Waals surface area contributed by atoms with Crippen molar-refractivity contribution >= 4 is 27.5 Å². The van der Waals surface area contributed by atoms with Crippen LogP contribution in [0.4, 0.5) is 0 Å². The molecular weight excluding hydrogens is 229 g/mol. The first-order valence-electron chi connectivity index (χ1n) is 3.02. The number of hydrogen-bond donors (Lipinski definition) is 0. The van der Waals surface area contributed by atoms with Crippen molar-refractivity contribution in [3.63, 3.8) is 0 Å². The monoisotopic (exact) mass is 235 g/mol. The van der Waals surface area contributed by atoms with Crippen LogP contribution in [0.2, 0.25) is 0 Å². The SMILES string of the molecule is COc1cc(Br)c(CCl)cn1. The molecule has 11 heavy (non-hydrogen) atoms. The third-order valence-corrected chi connectivity index (χ3v) is 2.28. The lowest BCUT2D eigenvalue weighted by atomic mass is 10.3. The molecule has 0 bridgehead atoms. The zero-order valence-electron chi connectivity index (χ0n) is 5.97. The smallest absolute Gasteiger partial charge is 0.214 e. The van der Waals surface area contributed by atoms with Gasteiger partial charge >= 0.3 is 0 Å². The number of ether oxygens (including phenoxy) is 1. The van der Waals surface area contributed by atoms with Crippen molar-refractivity contribution in [2.45, 2.75) is 5.88 Å². The van der Waals surface area contributed by atoms with Crippen LogP contribution in [0.25, 0.3) is 0 Å². The van der Waals surface area contributed by atoms with Crippen molar-refractivity contribution in [1.82, 2.24) is 4.98 Å². The lowest BCUT2D eigenvalue weighted by Crippen LogP contribution is -1.89. The van der Waals surface area contributed by atoms with E-state index < -0.39 is 0 Å². The van der Waals surface area contributed by atoms with E-state index in [0.717, 1.165) is 10.0 Å². The van der Waals surface area contributed by atoms with Crippen LogP contribution < -0.4 is 4.74 Å². The van der Waals surface area contributed by atoms with Gasteiger partial charge in [0.2, 0.25) is 5.88 Å². The molecule has 0 saturated carbocycles. The van der Waals surface area contributed by atoms with Crippen molar-refractivity contribution in [3.8, 4) is 5.88 Å². The second kappa shape index (κ2) is 3.93. The highest BCUT2D eigenvalue weighted by Gasteiger charge is 2.00. The van der Waals surface area contributed by atoms with Crippen LogP contribution in [0, 0.1) is 0 Å². The molecule has 0 radical (unpaired) electrons. The quantitative estimate of drug-likeness (QED) is 0.737. The van der Waals surface area contributed by atoms with Crippen LogP contribution in [0.5, 0.6) is 5.88 Å². The molecule has 1 heterocycles. The van der Waals surface area contributed by atoms with Crippen LogP contribution >= 0.6 is 27.5 Å².